The number of fused-ring (bicyclic) bond motifs is 1. The van der Waals surface area contributed by atoms with Crippen molar-refractivity contribution in [3.05, 3.63) is 45.5 Å². The average molecular weight is 403 g/mol. The average Bonchev–Trinajstić information content (AvgIpc) is 2.69. The van der Waals surface area contributed by atoms with Gasteiger partial charge in [0.05, 0.1) is 38.8 Å². The number of hydrogen-bond donors (Lipinski definition) is 1. The Kier molecular flexibility index (Phi) is 6.38. The van der Waals surface area contributed by atoms with Gasteiger partial charge in [0.1, 0.15) is 5.82 Å². The number of rotatable bonds is 6. The lowest BCUT2D eigenvalue weighted by Gasteiger charge is -2.26. The quantitative estimate of drug-likeness (QED) is 0.582. The Morgan fingerprint density at radius 2 is 2.11 bits per heavy atom. The van der Waals surface area contributed by atoms with Crippen molar-refractivity contribution in [2.24, 2.45) is 7.05 Å². The molecule has 148 valence electrons. The molecule has 2 aromatic rings. The van der Waals surface area contributed by atoms with E-state index < -0.39 is 11.2 Å². The van der Waals surface area contributed by atoms with E-state index in [0.717, 1.165) is 26.1 Å². The van der Waals surface area contributed by atoms with Crippen LogP contribution >= 0.6 is 11.6 Å². The summed E-state index contributed by atoms with van der Waals surface area (Å²) in [7, 11) is 1.71. The molecule has 3 rings (SSSR count). The first-order valence-electron chi connectivity index (χ1n) is 9.51. The van der Waals surface area contributed by atoms with Crippen molar-refractivity contribution in [1.29, 1.82) is 5.26 Å². The van der Waals surface area contributed by atoms with Crippen molar-refractivity contribution in [2.45, 2.75) is 25.7 Å². The third-order valence-electron chi connectivity index (χ3n) is 5.22. The predicted molar refractivity (Wildman–Crippen MR) is 112 cm³/mol. The van der Waals surface area contributed by atoms with Gasteiger partial charge in [0.15, 0.2) is 5.43 Å². The number of nitrogens with one attached hydrogen (secondary N) is 1. The van der Waals surface area contributed by atoms with E-state index in [1.807, 2.05) is 6.07 Å². The zero-order chi connectivity index (χ0) is 20.3. The Morgan fingerprint density at radius 3 is 2.79 bits per heavy atom. The van der Waals surface area contributed by atoms with Crippen molar-refractivity contribution in [3.63, 3.8) is 0 Å². The lowest BCUT2D eigenvalue weighted by Crippen LogP contribution is -2.31. The molecule has 0 aliphatic carbocycles. The molecule has 0 unspecified atom stereocenters. The van der Waals surface area contributed by atoms with Crippen LogP contribution in [0.3, 0.4) is 0 Å². The second kappa shape index (κ2) is 8.76. The summed E-state index contributed by atoms with van der Waals surface area (Å²) in [6, 6.07) is 3.05. The fraction of sp³-hybridized carbons (Fsp3) is 0.429. The van der Waals surface area contributed by atoms with Gasteiger partial charge in [-0.15, -0.1) is 0 Å². The van der Waals surface area contributed by atoms with E-state index in [9.17, 15) is 9.18 Å². The number of allylic oxidation sites excluding steroid dienone is 1. The maximum absolute atomic E-state index is 14.7. The summed E-state index contributed by atoms with van der Waals surface area (Å²) in [4.78, 5) is 15.1. The Labute approximate surface area is 169 Å². The number of benzene rings is 1. The first-order chi connectivity index (χ1) is 13.4. The van der Waals surface area contributed by atoms with Crippen molar-refractivity contribution >= 4 is 33.8 Å². The van der Waals surface area contributed by atoms with Crippen LogP contribution in [-0.4, -0.2) is 35.6 Å². The van der Waals surface area contributed by atoms with Gasteiger partial charge < -0.3 is 14.8 Å². The largest absolute Gasteiger partial charge is 0.381 e. The standard InChI is InChI=1S/C21H24ClFN4O/c1-14(12-24)16-13-26(2)20-15(21(16)28)11-17(23)19(18(20)22)25-7-6-10-27-8-4-3-5-9-27/h11,13,25H,1,3-10H2,2H3. The highest BCUT2D eigenvalue weighted by Crippen LogP contribution is 2.33. The number of piperidine rings is 1. The highest BCUT2D eigenvalue weighted by atomic mass is 35.5. The molecule has 1 aromatic carbocycles. The van der Waals surface area contributed by atoms with E-state index in [2.05, 4.69) is 16.8 Å². The molecule has 5 nitrogen and oxygen atoms in total. The summed E-state index contributed by atoms with van der Waals surface area (Å²) in [5.41, 5.74) is 0.377. The summed E-state index contributed by atoms with van der Waals surface area (Å²) in [5.74, 6) is -0.577. The molecule has 0 radical (unpaired) electrons. The molecule has 1 saturated heterocycles. The summed E-state index contributed by atoms with van der Waals surface area (Å²) < 4.78 is 16.3. The van der Waals surface area contributed by atoms with Crippen molar-refractivity contribution in [1.82, 2.24) is 9.47 Å². The molecular weight excluding hydrogens is 379 g/mol. The fourth-order valence-electron chi connectivity index (χ4n) is 3.72. The van der Waals surface area contributed by atoms with Crippen LogP contribution in [0.4, 0.5) is 10.1 Å². The monoisotopic (exact) mass is 402 g/mol. The molecule has 1 fully saturated rings. The van der Waals surface area contributed by atoms with Gasteiger partial charge in [-0.1, -0.05) is 24.6 Å². The van der Waals surface area contributed by atoms with Crippen LogP contribution in [0.5, 0.6) is 0 Å². The Bertz CT molecular complexity index is 1000. The number of likely N-dealkylation sites (tertiary alicyclic amines) is 1. The van der Waals surface area contributed by atoms with Crippen LogP contribution in [0.1, 0.15) is 31.2 Å². The van der Waals surface area contributed by atoms with Gasteiger partial charge in [-0.2, -0.15) is 5.26 Å². The summed E-state index contributed by atoms with van der Waals surface area (Å²) in [5, 5.41) is 12.4. The van der Waals surface area contributed by atoms with E-state index >= 15 is 0 Å². The van der Waals surface area contributed by atoms with Gasteiger partial charge in [0, 0.05) is 19.8 Å². The SMILES string of the molecule is C=C(C#N)c1cn(C)c2c(Cl)c(NCCCN3CCCCC3)c(F)cc2c1=O. The van der Waals surface area contributed by atoms with Gasteiger partial charge >= 0.3 is 0 Å². The zero-order valence-electron chi connectivity index (χ0n) is 16.0. The first-order valence-corrected chi connectivity index (χ1v) is 9.88. The van der Waals surface area contributed by atoms with E-state index in [0.29, 0.717) is 12.1 Å². The van der Waals surface area contributed by atoms with Crippen LogP contribution < -0.4 is 10.7 Å². The molecule has 2 heterocycles. The smallest absolute Gasteiger partial charge is 0.198 e. The van der Waals surface area contributed by atoms with Crippen LogP contribution in [0.25, 0.3) is 16.5 Å². The minimum absolute atomic E-state index is 0.0407. The number of pyridine rings is 1. The second-order valence-corrected chi connectivity index (χ2v) is 7.58. The normalized spacial score (nSPS) is 14.8. The van der Waals surface area contributed by atoms with Gasteiger partial charge in [-0.3, -0.25) is 4.79 Å². The first kappa shape index (κ1) is 20.4. The molecule has 0 bridgehead atoms. The van der Waals surface area contributed by atoms with Crippen molar-refractivity contribution in [3.8, 4) is 6.07 Å². The van der Waals surface area contributed by atoms with Gasteiger partial charge in [-0.05, 0) is 45.0 Å². The Hall–Kier alpha value is -2.36. The van der Waals surface area contributed by atoms with E-state index in [-0.39, 0.29) is 27.2 Å². The van der Waals surface area contributed by atoms with E-state index in [1.165, 1.54) is 31.5 Å². The maximum atomic E-state index is 14.7. The van der Waals surface area contributed by atoms with Crippen LogP contribution in [-0.2, 0) is 7.05 Å². The van der Waals surface area contributed by atoms with Gasteiger partial charge in [0.2, 0.25) is 0 Å². The topological polar surface area (TPSA) is 61.1 Å². The molecule has 1 N–H and O–H groups in total. The van der Waals surface area contributed by atoms with Crippen LogP contribution in [0.15, 0.2) is 23.6 Å². The number of nitrogens with zero attached hydrogens (tertiary/aromatic N) is 3. The number of hydrogen-bond acceptors (Lipinski definition) is 4. The van der Waals surface area contributed by atoms with Crippen molar-refractivity contribution in [2.75, 3.05) is 31.5 Å². The zero-order valence-corrected chi connectivity index (χ0v) is 16.8. The molecule has 1 aliphatic heterocycles. The highest BCUT2D eigenvalue weighted by molar-refractivity contribution is 6.37. The highest BCUT2D eigenvalue weighted by Gasteiger charge is 2.18. The van der Waals surface area contributed by atoms with Gasteiger partial charge in [-0.25, -0.2) is 4.39 Å². The van der Waals surface area contributed by atoms with Crippen molar-refractivity contribution < 1.29 is 4.39 Å². The Balaban J connectivity index is 1.84. The molecule has 1 aliphatic rings. The number of nitriles is 1. The van der Waals surface area contributed by atoms with Gasteiger partial charge in [0.25, 0.3) is 0 Å². The summed E-state index contributed by atoms with van der Waals surface area (Å²) in [6.45, 7) is 7.41. The molecule has 1 aromatic heterocycles. The second-order valence-electron chi connectivity index (χ2n) is 7.20. The summed E-state index contributed by atoms with van der Waals surface area (Å²) >= 11 is 6.46. The van der Waals surface area contributed by atoms with E-state index in [1.54, 1.807) is 11.6 Å². The maximum Gasteiger partial charge on any atom is 0.198 e. The molecular formula is C21H24ClFN4O. The molecule has 28 heavy (non-hydrogen) atoms. The minimum atomic E-state index is -0.577. The summed E-state index contributed by atoms with van der Waals surface area (Å²) in [6.07, 6.45) is 6.18. The number of anilines is 1. The number of halogens is 2. The Morgan fingerprint density at radius 1 is 1.39 bits per heavy atom. The third-order valence-corrected chi connectivity index (χ3v) is 5.59. The number of aromatic nitrogens is 1. The molecule has 0 spiro atoms. The van der Waals surface area contributed by atoms with E-state index in [4.69, 9.17) is 16.9 Å². The van der Waals surface area contributed by atoms with Crippen LogP contribution in [0, 0.1) is 17.1 Å². The molecule has 0 atom stereocenters. The number of aryl methyl sites for hydroxylation is 1. The molecule has 0 saturated carbocycles. The lowest BCUT2D eigenvalue weighted by atomic mass is 10.1. The fourth-order valence-corrected chi connectivity index (χ4v) is 4.12. The van der Waals surface area contributed by atoms with Crippen LogP contribution in [0.2, 0.25) is 5.02 Å². The molecule has 7 heteroatoms. The minimum Gasteiger partial charge on any atom is -0.381 e. The third kappa shape index (κ3) is 4.06. The predicted octanol–water partition coefficient (Wildman–Crippen LogP) is 4.16. The lowest BCUT2D eigenvalue weighted by molar-refractivity contribution is 0.228. The molecule has 0 amide bonds.